The van der Waals surface area contributed by atoms with Gasteiger partial charge in [0.1, 0.15) is 11.4 Å². The summed E-state index contributed by atoms with van der Waals surface area (Å²) in [5, 5.41) is 17.1. The number of nitrogens with zero attached hydrogens (tertiary/aromatic N) is 3. The number of β-lactam (4-membered cyclic amide) rings is 1. The molecule has 1 saturated heterocycles. The third kappa shape index (κ3) is 6.67. The second-order valence-corrected chi connectivity index (χ2v) is 12.8. The summed E-state index contributed by atoms with van der Waals surface area (Å²) in [6.07, 6.45) is 7.66. The Morgan fingerprint density at radius 2 is 2.00 bits per heavy atom. The molecule has 0 bridgehead atoms. The number of hydrogen-bond donors (Lipinski definition) is 3. The number of carbonyl (C=O) groups is 4. The summed E-state index contributed by atoms with van der Waals surface area (Å²) < 4.78 is 3.62. The maximum atomic E-state index is 12.9. The SMILES string of the molecule is NCCCNC(=O)c1cc[n+](C/C=C/C2=C(C(=O)[O-])N3C(=O)[C@@H](NC(=O)CSc4nc5ccccc5s4)[C@H]3SC2)cc1. The molecule has 0 aliphatic carbocycles. The Hall–Kier alpha value is -3.72. The van der Waals surface area contributed by atoms with Gasteiger partial charge in [-0.1, -0.05) is 30.0 Å². The van der Waals surface area contributed by atoms with Crippen molar-refractivity contribution in [1.82, 2.24) is 20.5 Å². The van der Waals surface area contributed by atoms with Gasteiger partial charge >= 0.3 is 0 Å². The fourth-order valence-corrected chi connectivity index (χ4v) is 7.67. The molecule has 4 heterocycles. The molecule has 0 spiro atoms. The molecule has 11 nitrogen and oxygen atoms in total. The second kappa shape index (κ2) is 13.5. The van der Waals surface area contributed by atoms with Crippen molar-refractivity contribution in [2.75, 3.05) is 24.6 Å². The van der Waals surface area contributed by atoms with Gasteiger partial charge in [-0.25, -0.2) is 9.55 Å². The molecule has 3 amide bonds. The number of carbonyl (C=O) groups excluding carboxylic acids is 4. The van der Waals surface area contributed by atoms with Crippen LogP contribution < -0.4 is 26.0 Å². The van der Waals surface area contributed by atoms with Crippen molar-refractivity contribution in [1.29, 1.82) is 0 Å². The van der Waals surface area contributed by atoms with Crippen molar-refractivity contribution in [3.05, 3.63) is 77.8 Å². The lowest BCUT2D eigenvalue weighted by molar-refractivity contribution is -0.687. The molecular weight excluding hydrogens is 597 g/mol. The summed E-state index contributed by atoms with van der Waals surface area (Å²) in [5.41, 5.74) is 7.12. The third-order valence-corrected chi connectivity index (χ3v) is 10.0. The number of thiazole rings is 1. The van der Waals surface area contributed by atoms with E-state index in [1.165, 1.54) is 39.8 Å². The number of aromatic nitrogens is 2. The fourth-order valence-electron chi connectivity index (χ4n) is 4.47. The summed E-state index contributed by atoms with van der Waals surface area (Å²) in [5.74, 6) is -1.99. The lowest BCUT2D eigenvalue weighted by atomic mass is 10.0. The standard InChI is InChI=1S/C28H28N6O5S3/c29-10-4-11-30-24(36)17-8-13-33(14-9-17)12-3-5-18-15-40-26-22(25(37)34(26)23(18)27(38)39)32-21(35)16-41-28-31-19-6-1-2-7-20(19)42-28/h1-3,5-9,13-14,22,26H,4,10-12,15-16,29H2,(H2-,30,32,35,36,38,39)/b5-3+/t22-,26-/m1/s1. The minimum Gasteiger partial charge on any atom is -0.543 e. The molecule has 2 atom stereocenters. The Bertz CT molecular complexity index is 1540. The largest absolute Gasteiger partial charge is 0.543 e. The molecule has 2 aromatic heterocycles. The number of thioether (sulfide) groups is 2. The van der Waals surface area contributed by atoms with Gasteiger partial charge in [-0.05, 0) is 36.7 Å². The van der Waals surface area contributed by atoms with Gasteiger partial charge in [0.2, 0.25) is 5.91 Å². The third-order valence-electron chi connectivity index (χ3n) is 6.56. The number of nitrogens with two attached hydrogens (primary N) is 1. The maximum absolute atomic E-state index is 12.9. The van der Waals surface area contributed by atoms with Gasteiger partial charge in [-0.2, -0.15) is 0 Å². The number of rotatable bonds is 12. The number of nitrogens with one attached hydrogen (secondary N) is 2. The second-order valence-electron chi connectivity index (χ2n) is 9.44. The first kappa shape index (κ1) is 29.8. The van der Waals surface area contributed by atoms with Crippen LogP contribution >= 0.6 is 34.9 Å². The van der Waals surface area contributed by atoms with Gasteiger partial charge in [0, 0.05) is 24.4 Å². The van der Waals surface area contributed by atoms with E-state index >= 15 is 0 Å². The number of carboxylic acids is 1. The lowest BCUT2D eigenvalue weighted by Crippen LogP contribution is -2.71. The number of carboxylic acid groups (broad SMARTS) is 1. The van der Waals surface area contributed by atoms with Crippen molar-refractivity contribution < 1.29 is 28.9 Å². The van der Waals surface area contributed by atoms with E-state index in [2.05, 4.69) is 15.6 Å². The molecule has 0 saturated carbocycles. The minimum absolute atomic E-state index is 0.0930. The van der Waals surface area contributed by atoms with E-state index in [0.29, 0.717) is 42.9 Å². The number of aliphatic carboxylic acids is 1. The molecule has 2 aliphatic heterocycles. The van der Waals surface area contributed by atoms with Crippen LogP contribution in [0.5, 0.6) is 0 Å². The minimum atomic E-state index is -1.44. The topological polar surface area (TPSA) is 161 Å². The van der Waals surface area contributed by atoms with Gasteiger partial charge in [-0.15, -0.1) is 23.1 Å². The normalized spacial score (nSPS) is 18.2. The van der Waals surface area contributed by atoms with E-state index in [9.17, 15) is 24.3 Å². The maximum Gasteiger partial charge on any atom is 0.253 e. The highest BCUT2D eigenvalue weighted by molar-refractivity contribution is 8.01. The van der Waals surface area contributed by atoms with Crippen molar-refractivity contribution in [3.8, 4) is 0 Å². The van der Waals surface area contributed by atoms with Crippen LogP contribution in [0.1, 0.15) is 16.8 Å². The Balaban J connectivity index is 1.16. The summed E-state index contributed by atoms with van der Waals surface area (Å²) in [6.45, 7) is 1.44. The predicted molar refractivity (Wildman–Crippen MR) is 159 cm³/mol. The first-order valence-electron chi connectivity index (χ1n) is 13.2. The Labute approximate surface area is 254 Å². The van der Waals surface area contributed by atoms with Crippen molar-refractivity contribution in [2.24, 2.45) is 5.73 Å². The fraction of sp³-hybridized carbons (Fsp3) is 0.286. The molecule has 218 valence electrons. The van der Waals surface area contributed by atoms with E-state index in [0.717, 1.165) is 14.6 Å². The monoisotopic (exact) mass is 624 g/mol. The molecule has 1 fully saturated rings. The van der Waals surface area contributed by atoms with Crippen LogP contribution in [0, 0.1) is 0 Å². The average molecular weight is 625 g/mol. The molecule has 42 heavy (non-hydrogen) atoms. The number of benzene rings is 1. The average Bonchev–Trinajstić information content (AvgIpc) is 3.42. The smallest absolute Gasteiger partial charge is 0.253 e. The molecule has 4 N–H and O–H groups in total. The quantitative estimate of drug-likeness (QED) is 0.112. The number of fused-ring (bicyclic) bond motifs is 2. The first-order valence-corrected chi connectivity index (χ1v) is 16.0. The number of hydrogen-bond acceptors (Lipinski definition) is 10. The summed E-state index contributed by atoms with van der Waals surface area (Å²) in [7, 11) is 0. The van der Waals surface area contributed by atoms with Crippen molar-refractivity contribution in [2.45, 2.75) is 28.7 Å². The summed E-state index contributed by atoms with van der Waals surface area (Å²) in [6, 6.07) is 10.3. The van der Waals surface area contributed by atoms with E-state index in [1.807, 2.05) is 28.8 Å². The molecule has 3 aromatic rings. The van der Waals surface area contributed by atoms with Crippen LogP contribution in [-0.4, -0.2) is 69.6 Å². The van der Waals surface area contributed by atoms with Gasteiger partial charge in [-0.3, -0.25) is 19.3 Å². The number of allylic oxidation sites excluding steroid dienone is 2. The zero-order valence-electron chi connectivity index (χ0n) is 22.4. The summed E-state index contributed by atoms with van der Waals surface area (Å²) >= 11 is 4.18. The van der Waals surface area contributed by atoms with Gasteiger partial charge < -0.3 is 26.3 Å². The Kier molecular flexibility index (Phi) is 9.57. The van der Waals surface area contributed by atoms with Crippen molar-refractivity contribution in [3.63, 3.8) is 0 Å². The molecule has 1 aromatic carbocycles. The molecular formula is C28H28N6O5S3. The molecule has 5 rings (SSSR count). The Morgan fingerprint density at radius 1 is 1.21 bits per heavy atom. The zero-order valence-corrected chi connectivity index (χ0v) is 24.8. The van der Waals surface area contributed by atoms with Crippen LogP contribution in [0.15, 0.2) is 76.6 Å². The van der Waals surface area contributed by atoms with Gasteiger partial charge in [0.25, 0.3) is 11.8 Å². The molecule has 2 aliphatic rings. The van der Waals surface area contributed by atoms with E-state index in [4.69, 9.17) is 5.73 Å². The van der Waals surface area contributed by atoms with Gasteiger partial charge in [0.05, 0.1) is 33.2 Å². The van der Waals surface area contributed by atoms with Crippen LogP contribution in [0.25, 0.3) is 10.2 Å². The Morgan fingerprint density at radius 3 is 2.74 bits per heavy atom. The van der Waals surface area contributed by atoms with Crippen LogP contribution in [0.2, 0.25) is 0 Å². The van der Waals surface area contributed by atoms with Crippen LogP contribution in [0.3, 0.4) is 0 Å². The number of amides is 3. The van der Waals surface area contributed by atoms with E-state index in [-0.39, 0.29) is 23.3 Å². The van der Waals surface area contributed by atoms with Gasteiger partial charge in [0.15, 0.2) is 23.3 Å². The highest BCUT2D eigenvalue weighted by atomic mass is 32.2. The van der Waals surface area contributed by atoms with Crippen LogP contribution in [0.4, 0.5) is 0 Å². The van der Waals surface area contributed by atoms with Crippen LogP contribution in [-0.2, 0) is 20.9 Å². The van der Waals surface area contributed by atoms with E-state index in [1.54, 1.807) is 36.7 Å². The number of para-hydroxylation sites is 1. The predicted octanol–water partition coefficient (Wildman–Crippen LogP) is 0.415. The lowest BCUT2D eigenvalue weighted by Gasteiger charge is -2.50. The molecule has 0 unspecified atom stereocenters. The molecule has 14 heteroatoms. The highest BCUT2D eigenvalue weighted by Crippen LogP contribution is 2.40. The first-order chi connectivity index (χ1) is 20.4. The molecule has 0 radical (unpaired) electrons. The highest BCUT2D eigenvalue weighted by Gasteiger charge is 2.52. The zero-order chi connectivity index (χ0) is 29.6. The number of pyridine rings is 1. The summed E-state index contributed by atoms with van der Waals surface area (Å²) in [4.78, 5) is 55.4. The van der Waals surface area contributed by atoms with Crippen molar-refractivity contribution >= 4 is 68.8 Å². The van der Waals surface area contributed by atoms with E-state index < -0.39 is 23.3 Å².